The first kappa shape index (κ1) is 10.7. The SMILES string of the molecule is COc1nc(CCN)cc(N(C)C)n1. The van der Waals surface area contributed by atoms with Crippen LogP contribution < -0.4 is 15.4 Å². The normalized spacial score (nSPS) is 10.0. The molecule has 78 valence electrons. The molecule has 0 unspecified atom stereocenters. The van der Waals surface area contributed by atoms with E-state index < -0.39 is 0 Å². The van der Waals surface area contributed by atoms with Crippen molar-refractivity contribution in [3.05, 3.63) is 11.8 Å². The maximum atomic E-state index is 5.46. The molecule has 0 aliphatic carbocycles. The molecule has 0 aliphatic rings. The lowest BCUT2D eigenvalue weighted by molar-refractivity contribution is 0.378. The third kappa shape index (κ3) is 2.56. The standard InChI is InChI=1S/C9H16N4O/c1-13(2)8-6-7(4-5-10)11-9(12-8)14-3/h6H,4-5,10H2,1-3H3. The number of anilines is 1. The van der Waals surface area contributed by atoms with Gasteiger partial charge in [-0.15, -0.1) is 0 Å². The van der Waals surface area contributed by atoms with Crippen LogP contribution in [-0.4, -0.2) is 37.7 Å². The second-order valence-electron chi connectivity index (χ2n) is 3.14. The molecule has 0 saturated heterocycles. The minimum atomic E-state index is 0.389. The quantitative estimate of drug-likeness (QED) is 0.737. The summed E-state index contributed by atoms with van der Waals surface area (Å²) in [5, 5.41) is 0. The molecule has 1 aromatic heterocycles. The molecule has 0 aromatic carbocycles. The zero-order valence-electron chi connectivity index (χ0n) is 8.82. The van der Waals surface area contributed by atoms with Crippen LogP contribution >= 0.6 is 0 Å². The summed E-state index contributed by atoms with van der Waals surface area (Å²) in [6.45, 7) is 0.576. The van der Waals surface area contributed by atoms with E-state index in [1.54, 1.807) is 7.11 Å². The van der Waals surface area contributed by atoms with E-state index >= 15 is 0 Å². The van der Waals surface area contributed by atoms with Gasteiger partial charge < -0.3 is 15.4 Å². The number of aromatic nitrogens is 2. The highest BCUT2D eigenvalue weighted by Gasteiger charge is 2.05. The summed E-state index contributed by atoms with van der Waals surface area (Å²) in [5.41, 5.74) is 6.37. The van der Waals surface area contributed by atoms with Crippen molar-refractivity contribution in [1.82, 2.24) is 9.97 Å². The van der Waals surface area contributed by atoms with Crippen LogP contribution in [0.3, 0.4) is 0 Å². The maximum absolute atomic E-state index is 5.46. The fraction of sp³-hybridized carbons (Fsp3) is 0.556. The maximum Gasteiger partial charge on any atom is 0.318 e. The van der Waals surface area contributed by atoms with E-state index in [0.717, 1.165) is 17.9 Å². The van der Waals surface area contributed by atoms with Crippen LogP contribution in [-0.2, 0) is 6.42 Å². The molecule has 0 spiro atoms. The van der Waals surface area contributed by atoms with Gasteiger partial charge in [0.05, 0.1) is 12.8 Å². The number of nitrogens with two attached hydrogens (primary N) is 1. The Bertz CT molecular complexity index is 301. The number of ether oxygens (including phenoxy) is 1. The van der Waals surface area contributed by atoms with Crippen LogP contribution in [0.15, 0.2) is 6.07 Å². The highest BCUT2D eigenvalue weighted by atomic mass is 16.5. The molecule has 1 aromatic rings. The molecule has 1 rings (SSSR count). The zero-order valence-corrected chi connectivity index (χ0v) is 8.82. The van der Waals surface area contributed by atoms with Gasteiger partial charge in [-0.2, -0.15) is 4.98 Å². The summed E-state index contributed by atoms with van der Waals surface area (Å²) in [4.78, 5) is 10.3. The Morgan fingerprint density at radius 1 is 1.43 bits per heavy atom. The average Bonchev–Trinajstić information content (AvgIpc) is 2.17. The first-order chi connectivity index (χ1) is 6.67. The van der Waals surface area contributed by atoms with Gasteiger partial charge in [0.2, 0.25) is 0 Å². The third-order valence-electron chi connectivity index (χ3n) is 1.79. The number of hydrogen-bond acceptors (Lipinski definition) is 5. The fourth-order valence-corrected chi connectivity index (χ4v) is 1.06. The van der Waals surface area contributed by atoms with E-state index in [2.05, 4.69) is 9.97 Å². The summed E-state index contributed by atoms with van der Waals surface area (Å²) < 4.78 is 5.00. The van der Waals surface area contributed by atoms with Crippen molar-refractivity contribution in [2.75, 3.05) is 32.6 Å². The highest BCUT2D eigenvalue weighted by molar-refractivity contribution is 5.38. The van der Waals surface area contributed by atoms with Gasteiger partial charge in [0, 0.05) is 26.6 Å². The molecule has 0 saturated carbocycles. The van der Waals surface area contributed by atoms with Gasteiger partial charge in [-0.25, -0.2) is 4.98 Å². The Morgan fingerprint density at radius 3 is 2.64 bits per heavy atom. The minimum Gasteiger partial charge on any atom is -0.467 e. The van der Waals surface area contributed by atoms with Gasteiger partial charge in [0.25, 0.3) is 0 Å². The molecular weight excluding hydrogens is 180 g/mol. The molecule has 0 atom stereocenters. The van der Waals surface area contributed by atoms with Crippen LogP contribution in [0.1, 0.15) is 5.69 Å². The van der Waals surface area contributed by atoms with E-state index in [9.17, 15) is 0 Å². The second kappa shape index (κ2) is 4.76. The van der Waals surface area contributed by atoms with Crippen molar-refractivity contribution in [3.8, 4) is 6.01 Å². The van der Waals surface area contributed by atoms with Gasteiger partial charge >= 0.3 is 6.01 Å². The second-order valence-corrected chi connectivity index (χ2v) is 3.14. The monoisotopic (exact) mass is 196 g/mol. The summed E-state index contributed by atoms with van der Waals surface area (Å²) >= 11 is 0. The summed E-state index contributed by atoms with van der Waals surface area (Å²) in [6, 6.07) is 2.30. The Balaban J connectivity index is 3.00. The summed E-state index contributed by atoms with van der Waals surface area (Å²) in [6.07, 6.45) is 0.736. The predicted molar refractivity (Wildman–Crippen MR) is 55.7 cm³/mol. The highest BCUT2D eigenvalue weighted by Crippen LogP contribution is 2.13. The first-order valence-electron chi connectivity index (χ1n) is 4.46. The topological polar surface area (TPSA) is 64.3 Å². The summed E-state index contributed by atoms with van der Waals surface area (Å²) in [5.74, 6) is 0.834. The van der Waals surface area contributed by atoms with Crippen molar-refractivity contribution >= 4 is 5.82 Å². The molecule has 2 N–H and O–H groups in total. The molecular formula is C9H16N4O. The first-order valence-corrected chi connectivity index (χ1v) is 4.46. The van der Waals surface area contributed by atoms with Crippen molar-refractivity contribution in [1.29, 1.82) is 0 Å². The van der Waals surface area contributed by atoms with Crippen molar-refractivity contribution in [2.45, 2.75) is 6.42 Å². The minimum absolute atomic E-state index is 0.389. The number of hydrogen-bond donors (Lipinski definition) is 1. The Morgan fingerprint density at radius 2 is 2.14 bits per heavy atom. The molecule has 0 aliphatic heterocycles. The van der Waals surface area contributed by atoms with Gasteiger partial charge in [-0.05, 0) is 6.54 Å². The Kier molecular flexibility index (Phi) is 3.64. The lowest BCUT2D eigenvalue weighted by Gasteiger charge is -2.13. The number of methoxy groups -OCH3 is 1. The van der Waals surface area contributed by atoms with Gasteiger partial charge in [-0.1, -0.05) is 0 Å². The molecule has 1 heterocycles. The van der Waals surface area contributed by atoms with Crippen LogP contribution in [0.5, 0.6) is 6.01 Å². The van der Waals surface area contributed by atoms with Crippen LogP contribution in [0.2, 0.25) is 0 Å². The lowest BCUT2D eigenvalue weighted by atomic mass is 10.3. The van der Waals surface area contributed by atoms with Crippen LogP contribution in [0.25, 0.3) is 0 Å². The summed E-state index contributed by atoms with van der Waals surface area (Å²) in [7, 11) is 5.41. The number of nitrogens with zero attached hydrogens (tertiary/aromatic N) is 3. The van der Waals surface area contributed by atoms with Gasteiger partial charge in [0.15, 0.2) is 0 Å². The van der Waals surface area contributed by atoms with Gasteiger partial charge in [-0.3, -0.25) is 0 Å². The Labute approximate surface area is 83.9 Å². The molecule has 5 heteroatoms. The average molecular weight is 196 g/mol. The molecule has 0 radical (unpaired) electrons. The van der Waals surface area contributed by atoms with Crippen molar-refractivity contribution in [2.24, 2.45) is 5.73 Å². The molecule has 0 bridgehead atoms. The van der Waals surface area contributed by atoms with E-state index in [-0.39, 0.29) is 0 Å². The molecule has 0 fully saturated rings. The predicted octanol–water partition coefficient (Wildman–Crippen LogP) is 0.0524. The Hall–Kier alpha value is -1.36. The van der Waals surface area contributed by atoms with E-state index in [1.165, 1.54) is 0 Å². The van der Waals surface area contributed by atoms with Crippen LogP contribution in [0.4, 0.5) is 5.82 Å². The largest absolute Gasteiger partial charge is 0.467 e. The molecule has 14 heavy (non-hydrogen) atoms. The zero-order chi connectivity index (χ0) is 10.6. The smallest absolute Gasteiger partial charge is 0.318 e. The molecule has 5 nitrogen and oxygen atoms in total. The number of rotatable bonds is 4. The third-order valence-corrected chi connectivity index (χ3v) is 1.79. The van der Waals surface area contributed by atoms with Crippen molar-refractivity contribution in [3.63, 3.8) is 0 Å². The van der Waals surface area contributed by atoms with E-state index in [0.29, 0.717) is 12.6 Å². The van der Waals surface area contributed by atoms with Gasteiger partial charge in [0.1, 0.15) is 5.82 Å². The van der Waals surface area contributed by atoms with Crippen molar-refractivity contribution < 1.29 is 4.74 Å². The fourth-order valence-electron chi connectivity index (χ4n) is 1.06. The molecule has 0 amide bonds. The lowest BCUT2D eigenvalue weighted by Crippen LogP contribution is -2.13. The van der Waals surface area contributed by atoms with E-state index in [4.69, 9.17) is 10.5 Å². The van der Waals surface area contributed by atoms with Crippen LogP contribution in [0, 0.1) is 0 Å². The van der Waals surface area contributed by atoms with E-state index in [1.807, 2.05) is 25.1 Å².